The Morgan fingerprint density at radius 3 is 2.63 bits per heavy atom. The van der Waals surface area contributed by atoms with E-state index in [-0.39, 0.29) is 41.1 Å². The molecule has 4 aromatic rings. The van der Waals surface area contributed by atoms with Crippen LogP contribution in [0.5, 0.6) is 0 Å². The summed E-state index contributed by atoms with van der Waals surface area (Å²) in [5, 5.41) is 7.01. The minimum Gasteiger partial charge on any atom is -0.339 e. The van der Waals surface area contributed by atoms with E-state index in [0.29, 0.717) is 5.13 Å². The van der Waals surface area contributed by atoms with Crippen LogP contribution in [0.4, 0.5) is 5.13 Å². The summed E-state index contributed by atoms with van der Waals surface area (Å²) in [4.78, 5) is 20.8. The number of carbonyl (C=O) groups is 1. The zero-order valence-corrected chi connectivity index (χ0v) is 17.7. The highest BCUT2D eigenvalue weighted by molar-refractivity contribution is 7.90. The lowest BCUT2D eigenvalue weighted by atomic mass is 10.2. The Bertz CT molecular complexity index is 1260. The maximum atomic E-state index is 12.5. The molecular weight excluding hydrogens is 424 g/mol. The number of amides is 1. The molecule has 0 radical (unpaired) electrons. The summed E-state index contributed by atoms with van der Waals surface area (Å²) in [7, 11) is -3.57. The van der Waals surface area contributed by atoms with Crippen LogP contribution in [0.2, 0.25) is 0 Å². The van der Waals surface area contributed by atoms with Gasteiger partial charge in [0.05, 0.1) is 15.1 Å². The SMILES string of the molecule is Cc1ccc(S(=O)(=O)Cc2noc(CCC(=O)Nc3nc4ccccc4s3)n2)cc1. The lowest BCUT2D eigenvalue weighted by Gasteiger charge is -2.01. The van der Waals surface area contributed by atoms with Crippen molar-refractivity contribution >= 4 is 42.4 Å². The summed E-state index contributed by atoms with van der Waals surface area (Å²) < 4.78 is 31.0. The molecular formula is C20H18N4O4S2. The molecule has 0 unspecified atom stereocenters. The summed E-state index contributed by atoms with van der Waals surface area (Å²) in [6, 6.07) is 14.2. The van der Waals surface area contributed by atoms with Gasteiger partial charge in [0.25, 0.3) is 0 Å². The molecule has 0 saturated heterocycles. The van der Waals surface area contributed by atoms with E-state index in [2.05, 4.69) is 20.4 Å². The van der Waals surface area contributed by atoms with E-state index in [1.807, 2.05) is 31.2 Å². The largest absolute Gasteiger partial charge is 0.339 e. The molecule has 2 aromatic carbocycles. The highest BCUT2D eigenvalue weighted by atomic mass is 32.2. The fraction of sp³-hybridized carbons (Fsp3) is 0.200. The summed E-state index contributed by atoms with van der Waals surface area (Å²) in [6.45, 7) is 1.88. The second kappa shape index (κ2) is 8.33. The predicted octanol–water partition coefficient (Wildman–Crippen LogP) is 3.53. The molecule has 2 aromatic heterocycles. The normalized spacial score (nSPS) is 11.6. The molecule has 0 spiro atoms. The van der Waals surface area contributed by atoms with Crippen LogP contribution >= 0.6 is 11.3 Å². The lowest BCUT2D eigenvalue weighted by Crippen LogP contribution is -2.12. The average molecular weight is 443 g/mol. The van der Waals surface area contributed by atoms with E-state index in [9.17, 15) is 13.2 Å². The first-order valence-corrected chi connectivity index (χ1v) is 11.6. The molecule has 0 saturated carbocycles. The number of fused-ring (bicyclic) bond motifs is 1. The first kappa shape index (κ1) is 20.2. The molecule has 4 rings (SSSR count). The van der Waals surface area contributed by atoms with Crippen molar-refractivity contribution in [3.8, 4) is 0 Å². The number of thiazole rings is 1. The number of aryl methyl sites for hydroxylation is 2. The van der Waals surface area contributed by atoms with E-state index in [1.54, 1.807) is 24.3 Å². The first-order valence-electron chi connectivity index (χ1n) is 9.15. The number of carbonyl (C=O) groups excluding carboxylic acids is 1. The molecule has 1 N–H and O–H groups in total. The average Bonchev–Trinajstić information content (AvgIpc) is 3.32. The summed E-state index contributed by atoms with van der Waals surface area (Å²) in [6.07, 6.45) is 0.316. The highest BCUT2D eigenvalue weighted by Gasteiger charge is 2.19. The molecule has 0 bridgehead atoms. The molecule has 8 nitrogen and oxygen atoms in total. The molecule has 10 heteroatoms. The Labute approximate surface area is 176 Å². The van der Waals surface area contributed by atoms with Gasteiger partial charge in [-0.15, -0.1) is 0 Å². The molecule has 0 aliphatic rings. The van der Waals surface area contributed by atoms with Crippen molar-refractivity contribution in [3.63, 3.8) is 0 Å². The number of hydrogen-bond donors (Lipinski definition) is 1. The number of rotatable bonds is 7. The standard InChI is InChI=1S/C20H18N4O4S2/c1-13-6-8-14(9-7-13)30(26,27)12-17-22-19(28-24-17)11-10-18(25)23-20-21-15-4-2-3-5-16(15)29-20/h2-9H,10-12H2,1H3,(H,21,23,25). The number of nitrogens with one attached hydrogen (secondary N) is 1. The summed E-state index contributed by atoms with van der Waals surface area (Å²) in [5.74, 6) is -0.320. The van der Waals surface area contributed by atoms with Crippen molar-refractivity contribution < 1.29 is 17.7 Å². The van der Waals surface area contributed by atoms with E-state index < -0.39 is 9.84 Å². The van der Waals surface area contributed by atoms with Crippen LogP contribution in [0.25, 0.3) is 10.2 Å². The van der Waals surface area contributed by atoms with Crippen LogP contribution in [0.15, 0.2) is 57.9 Å². The Hall–Kier alpha value is -3.11. The van der Waals surface area contributed by atoms with Gasteiger partial charge in [0.2, 0.25) is 11.8 Å². The number of para-hydroxylation sites is 1. The zero-order chi connectivity index (χ0) is 21.1. The van der Waals surface area contributed by atoms with E-state index >= 15 is 0 Å². The third kappa shape index (κ3) is 4.71. The topological polar surface area (TPSA) is 115 Å². The van der Waals surface area contributed by atoms with E-state index in [1.165, 1.54) is 11.3 Å². The Kier molecular flexibility index (Phi) is 5.60. The van der Waals surface area contributed by atoms with Gasteiger partial charge in [-0.25, -0.2) is 13.4 Å². The van der Waals surface area contributed by atoms with Gasteiger partial charge in [-0.1, -0.05) is 46.3 Å². The summed E-state index contributed by atoms with van der Waals surface area (Å²) in [5.41, 5.74) is 1.80. The van der Waals surface area contributed by atoms with Gasteiger partial charge < -0.3 is 9.84 Å². The lowest BCUT2D eigenvalue weighted by molar-refractivity contribution is -0.116. The zero-order valence-electron chi connectivity index (χ0n) is 16.0. The molecule has 0 atom stereocenters. The van der Waals surface area contributed by atoms with Crippen molar-refractivity contribution in [2.75, 3.05) is 5.32 Å². The Balaban J connectivity index is 1.34. The molecule has 0 aliphatic heterocycles. The number of anilines is 1. The monoisotopic (exact) mass is 442 g/mol. The van der Waals surface area contributed by atoms with Crippen molar-refractivity contribution in [2.45, 2.75) is 30.4 Å². The number of hydrogen-bond acceptors (Lipinski definition) is 8. The molecule has 1 amide bonds. The van der Waals surface area contributed by atoms with Gasteiger partial charge in [-0.3, -0.25) is 4.79 Å². The molecule has 154 valence electrons. The van der Waals surface area contributed by atoms with Gasteiger partial charge in [-0.2, -0.15) is 4.98 Å². The summed E-state index contributed by atoms with van der Waals surface area (Å²) >= 11 is 1.40. The number of nitrogens with zero attached hydrogens (tertiary/aromatic N) is 3. The number of aromatic nitrogens is 3. The first-order chi connectivity index (χ1) is 14.4. The van der Waals surface area contributed by atoms with E-state index in [4.69, 9.17) is 4.52 Å². The van der Waals surface area contributed by atoms with Crippen molar-refractivity contribution in [2.24, 2.45) is 0 Å². The minimum absolute atomic E-state index is 0.0668. The maximum Gasteiger partial charge on any atom is 0.227 e. The predicted molar refractivity (Wildman–Crippen MR) is 113 cm³/mol. The second-order valence-corrected chi connectivity index (χ2v) is 9.73. The Morgan fingerprint density at radius 1 is 1.10 bits per heavy atom. The maximum absolute atomic E-state index is 12.5. The second-order valence-electron chi connectivity index (χ2n) is 6.71. The van der Waals surface area contributed by atoms with Crippen molar-refractivity contribution in [3.05, 3.63) is 65.8 Å². The van der Waals surface area contributed by atoms with E-state index in [0.717, 1.165) is 15.8 Å². The fourth-order valence-electron chi connectivity index (χ4n) is 2.78. The third-order valence-corrected chi connectivity index (χ3v) is 6.90. The van der Waals surface area contributed by atoms with Crippen LogP contribution in [-0.2, 0) is 26.8 Å². The van der Waals surface area contributed by atoms with Gasteiger partial charge in [0, 0.05) is 12.8 Å². The highest BCUT2D eigenvalue weighted by Crippen LogP contribution is 2.25. The third-order valence-electron chi connectivity index (χ3n) is 4.32. The van der Waals surface area contributed by atoms with Crippen LogP contribution < -0.4 is 5.32 Å². The van der Waals surface area contributed by atoms with Crippen LogP contribution in [-0.4, -0.2) is 29.4 Å². The van der Waals surface area contributed by atoms with Crippen LogP contribution in [0.1, 0.15) is 23.7 Å². The van der Waals surface area contributed by atoms with Gasteiger partial charge in [0.15, 0.2) is 20.8 Å². The Morgan fingerprint density at radius 2 is 1.87 bits per heavy atom. The van der Waals surface area contributed by atoms with Crippen LogP contribution in [0.3, 0.4) is 0 Å². The number of sulfone groups is 1. The molecule has 0 fully saturated rings. The smallest absolute Gasteiger partial charge is 0.227 e. The fourth-order valence-corrected chi connectivity index (χ4v) is 4.83. The minimum atomic E-state index is -3.57. The van der Waals surface area contributed by atoms with Crippen molar-refractivity contribution in [1.82, 2.24) is 15.1 Å². The molecule has 30 heavy (non-hydrogen) atoms. The van der Waals surface area contributed by atoms with Gasteiger partial charge in [-0.05, 0) is 31.2 Å². The van der Waals surface area contributed by atoms with Gasteiger partial charge in [0.1, 0.15) is 5.75 Å². The molecule has 2 heterocycles. The van der Waals surface area contributed by atoms with Crippen LogP contribution in [0, 0.1) is 6.92 Å². The van der Waals surface area contributed by atoms with Crippen molar-refractivity contribution in [1.29, 1.82) is 0 Å². The number of benzene rings is 2. The quantitative estimate of drug-likeness (QED) is 0.465. The van der Waals surface area contributed by atoms with Gasteiger partial charge >= 0.3 is 0 Å². The molecule has 0 aliphatic carbocycles.